The summed E-state index contributed by atoms with van der Waals surface area (Å²) in [5, 5.41) is 4.24. The van der Waals surface area contributed by atoms with Crippen molar-refractivity contribution >= 4 is 22.3 Å². The van der Waals surface area contributed by atoms with Crippen LogP contribution in [0.5, 0.6) is 0 Å². The first-order valence-electron chi connectivity index (χ1n) is 18.6. The third-order valence-corrected chi connectivity index (χ3v) is 17.0. The molecule has 0 amide bonds. The molecule has 1 N–H and O–H groups in total. The lowest BCUT2D eigenvalue weighted by molar-refractivity contribution is -0.217. The first-order chi connectivity index (χ1) is 21.9. The molecule has 0 spiro atoms. The second-order valence-electron chi connectivity index (χ2n) is 17.6. The summed E-state index contributed by atoms with van der Waals surface area (Å²) in [7, 11) is 0.855. The van der Waals surface area contributed by atoms with Gasteiger partial charge < -0.3 is 15.0 Å². The monoisotopic (exact) mass is 648 g/mol. The Morgan fingerprint density at radius 1 is 0.891 bits per heavy atom. The molecule has 4 saturated carbocycles. The maximum atomic E-state index is 12.1. The summed E-state index contributed by atoms with van der Waals surface area (Å²) in [6, 6.07) is 8.15. The number of methoxy groups -OCH3 is 1. The van der Waals surface area contributed by atoms with Crippen molar-refractivity contribution in [3.05, 3.63) is 41.5 Å². The number of nitrogens with one attached hydrogen (secondary N) is 1. The molecule has 0 bridgehead atoms. The molecule has 1 aromatic carbocycles. The zero-order chi connectivity index (χ0) is 32.5. The number of allylic oxidation sites excluding steroid dienone is 2. The van der Waals surface area contributed by atoms with E-state index in [9.17, 15) is 9.00 Å². The molecular weight excluding hydrogens is 589 g/mol. The van der Waals surface area contributed by atoms with E-state index in [4.69, 9.17) is 4.74 Å². The van der Waals surface area contributed by atoms with Gasteiger partial charge in [-0.3, -0.25) is 4.21 Å². The highest BCUT2D eigenvalue weighted by Crippen LogP contribution is 2.76. The lowest BCUT2D eigenvalue weighted by Gasteiger charge is -2.72. The molecule has 5 nitrogen and oxygen atoms in total. The molecule has 7 rings (SSSR count). The smallest absolute Gasteiger partial charge is 0.337 e. The fraction of sp³-hybridized carbons (Fsp3) is 0.775. The summed E-state index contributed by atoms with van der Waals surface area (Å²) in [6.45, 7) is 17.4. The molecule has 1 aromatic rings. The summed E-state index contributed by atoms with van der Waals surface area (Å²) >= 11 is 0. The topological polar surface area (TPSA) is 58.6 Å². The van der Waals surface area contributed by atoms with Crippen LogP contribution in [0.1, 0.15) is 115 Å². The van der Waals surface area contributed by atoms with Crippen LogP contribution in [0.3, 0.4) is 0 Å². The van der Waals surface area contributed by atoms with E-state index in [1.54, 1.807) is 0 Å². The minimum Gasteiger partial charge on any atom is -0.465 e. The molecule has 1 aliphatic heterocycles. The van der Waals surface area contributed by atoms with Gasteiger partial charge in [-0.2, -0.15) is 0 Å². The van der Waals surface area contributed by atoms with E-state index in [1.165, 1.54) is 76.0 Å². The first kappa shape index (κ1) is 33.0. The van der Waals surface area contributed by atoms with Crippen LogP contribution in [0.4, 0.5) is 0 Å². The van der Waals surface area contributed by atoms with Crippen molar-refractivity contribution in [3.8, 4) is 0 Å². The van der Waals surface area contributed by atoms with Gasteiger partial charge in [0.2, 0.25) is 0 Å². The van der Waals surface area contributed by atoms with Gasteiger partial charge in [-0.1, -0.05) is 59.2 Å². The van der Waals surface area contributed by atoms with Gasteiger partial charge in [0.1, 0.15) is 0 Å². The predicted octanol–water partition coefficient (Wildman–Crippen LogP) is 7.73. The standard InChI is InChI=1S/C40H60N2O3S/c1-36(2)30(28-9-11-29(12-10-28)35(43)45-6)15-18-37(3)33(36)16-19-39(5)34(37)14-13-31-32-8-7-17-40(32,21-20-38(31,39)4)41-22-23-42-24-26-46(44)27-25-42/h9-12,15,31-34,41H,7-8,13-14,16-27H2,1-6H3/t31?,32-,33?,34?,37?,38-,39?,40?/m1/s1. The minimum absolute atomic E-state index is 0.0827. The van der Waals surface area contributed by atoms with Crippen molar-refractivity contribution < 1.29 is 13.7 Å². The Balaban J connectivity index is 1.11. The van der Waals surface area contributed by atoms with Gasteiger partial charge in [0.25, 0.3) is 0 Å². The van der Waals surface area contributed by atoms with E-state index in [2.05, 4.69) is 63.0 Å². The fourth-order valence-corrected chi connectivity index (χ4v) is 14.4. The van der Waals surface area contributed by atoms with Crippen LogP contribution in [0, 0.1) is 45.3 Å². The number of hydrogen-bond acceptors (Lipinski definition) is 5. The SMILES string of the molecule is COC(=O)c1ccc(C2=CCC3(C)C(CCC4(C)C3CCC3[C@H]5CCCC5(NCCN5CCS(=O)CC5)CC[C@]34C)C2(C)C)cc1. The quantitative estimate of drug-likeness (QED) is 0.320. The molecule has 46 heavy (non-hydrogen) atoms. The zero-order valence-electron chi connectivity index (χ0n) is 29.6. The summed E-state index contributed by atoms with van der Waals surface area (Å²) in [5.41, 5.74) is 4.85. The fourth-order valence-electron chi connectivity index (χ4n) is 13.2. The van der Waals surface area contributed by atoms with Gasteiger partial charge in [-0.25, -0.2) is 4.79 Å². The van der Waals surface area contributed by atoms with Crippen molar-refractivity contribution in [2.75, 3.05) is 44.8 Å². The summed E-state index contributed by atoms with van der Waals surface area (Å²) in [6.07, 6.45) is 16.1. The second kappa shape index (κ2) is 11.8. The zero-order valence-corrected chi connectivity index (χ0v) is 30.4. The highest BCUT2D eigenvalue weighted by molar-refractivity contribution is 7.85. The highest BCUT2D eigenvalue weighted by Gasteiger charge is 2.69. The van der Waals surface area contributed by atoms with E-state index in [-0.39, 0.29) is 11.4 Å². The number of hydrogen-bond donors (Lipinski definition) is 1. The molecule has 6 heteroatoms. The van der Waals surface area contributed by atoms with E-state index < -0.39 is 10.8 Å². The molecule has 254 valence electrons. The van der Waals surface area contributed by atoms with Gasteiger partial charge >= 0.3 is 5.97 Å². The average molecular weight is 649 g/mol. The Bertz CT molecular complexity index is 1380. The molecule has 1 saturated heterocycles. The van der Waals surface area contributed by atoms with E-state index in [0.29, 0.717) is 33.3 Å². The molecule has 5 aliphatic carbocycles. The Hall–Kier alpha value is -1.50. The van der Waals surface area contributed by atoms with Crippen LogP contribution in [-0.4, -0.2) is 65.4 Å². The molecule has 0 radical (unpaired) electrons. The molecule has 6 unspecified atom stereocenters. The molecule has 6 aliphatic rings. The number of carbonyl (C=O) groups excluding carboxylic acids is 1. The van der Waals surface area contributed by atoms with E-state index in [0.717, 1.165) is 61.9 Å². The van der Waals surface area contributed by atoms with Crippen molar-refractivity contribution in [1.82, 2.24) is 10.2 Å². The number of esters is 1. The molecule has 1 heterocycles. The normalized spacial score (nSPS) is 42.3. The number of rotatable bonds is 6. The van der Waals surface area contributed by atoms with Crippen LogP contribution in [0.2, 0.25) is 0 Å². The number of carbonyl (C=O) groups is 1. The minimum atomic E-state index is -0.596. The molecule has 0 aromatic heterocycles. The van der Waals surface area contributed by atoms with Crippen LogP contribution in [0.25, 0.3) is 5.57 Å². The number of ether oxygens (including phenoxy) is 1. The lowest BCUT2D eigenvalue weighted by atomic mass is 9.33. The van der Waals surface area contributed by atoms with Crippen molar-refractivity contribution in [3.63, 3.8) is 0 Å². The van der Waals surface area contributed by atoms with Crippen molar-refractivity contribution in [2.24, 2.45) is 45.3 Å². The molecule has 8 atom stereocenters. The van der Waals surface area contributed by atoms with Gasteiger partial charge in [0.05, 0.1) is 12.7 Å². The van der Waals surface area contributed by atoms with Gasteiger partial charge in [0.15, 0.2) is 0 Å². The summed E-state index contributed by atoms with van der Waals surface area (Å²) in [5.74, 6) is 4.49. The first-order valence-corrected chi connectivity index (χ1v) is 20.1. The third-order valence-electron chi connectivity index (χ3n) is 15.7. The Morgan fingerprint density at radius 2 is 1.63 bits per heavy atom. The number of fused-ring (bicyclic) bond motifs is 7. The maximum Gasteiger partial charge on any atom is 0.337 e. The third kappa shape index (κ3) is 4.96. The Labute approximate surface area is 281 Å². The largest absolute Gasteiger partial charge is 0.465 e. The van der Waals surface area contributed by atoms with Crippen molar-refractivity contribution in [1.29, 1.82) is 0 Å². The maximum absolute atomic E-state index is 12.1. The Kier molecular flexibility index (Phi) is 8.49. The Morgan fingerprint density at radius 3 is 2.35 bits per heavy atom. The van der Waals surface area contributed by atoms with Crippen LogP contribution in [0.15, 0.2) is 30.3 Å². The van der Waals surface area contributed by atoms with Crippen LogP contribution < -0.4 is 5.32 Å². The number of benzene rings is 1. The average Bonchev–Trinajstić information content (AvgIpc) is 3.46. The lowest BCUT2D eigenvalue weighted by Crippen LogP contribution is -2.67. The van der Waals surface area contributed by atoms with Gasteiger partial charge in [0, 0.05) is 54.0 Å². The predicted molar refractivity (Wildman–Crippen MR) is 189 cm³/mol. The van der Waals surface area contributed by atoms with E-state index >= 15 is 0 Å². The number of nitrogens with zero attached hydrogens (tertiary/aromatic N) is 1. The van der Waals surface area contributed by atoms with Crippen molar-refractivity contribution in [2.45, 2.75) is 104 Å². The van der Waals surface area contributed by atoms with Gasteiger partial charge in [-0.15, -0.1) is 0 Å². The molecule has 5 fully saturated rings. The summed E-state index contributed by atoms with van der Waals surface area (Å²) < 4.78 is 16.8. The second-order valence-corrected chi connectivity index (χ2v) is 19.2. The molecular formula is C40H60N2O3S. The van der Waals surface area contributed by atoms with E-state index in [1.807, 2.05) is 12.1 Å². The highest BCUT2D eigenvalue weighted by atomic mass is 32.2. The van der Waals surface area contributed by atoms with Gasteiger partial charge in [-0.05, 0) is 126 Å². The van der Waals surface area contributed by atoms with Crippen LogP contribution in [-0.2, 0) is 15.5 Å². The van der Waals surface area contributed by atoms with Crippen LogP contribution >= 0.6 is 0 Å². The summed E-state index contributed by atoms with van der Waals surface area (Å²) in [4.78, 5) is 14.6.